The summed E-state index contributed by atoms with van der Waals surface area (Å²) in [6.07, 6.45) is 5.29. The molecule has 20 heavy (non-hydrogen) atoms. The number of aromatic nitrogens is 4. The minimum Gasteiger partial charge on any atom is -0.467 e. The van der Waals surface area contributed by atoms with Gasteiger partial charge in [0.15, 0.2) is 11.6 Å². The lowest BCUT2D eigenvalue weighted by Gasteiger charge is -2.15. The van der Waals surface area contributed by atoms with E-state index in [0.717, 1.165) is 23.1 Å². The van der Waals surface area contributed by atoms with E-state index in [2.05, 4.69) is 15.2 Å². The summed E-state index contributed by atoms with van der Waals surface area (Å²) in [5, 5.41) is 8.46. The largest absolute Gasteiger partial charge is 0.467 e. The molecule has 3 aromatic rings. The SMILES string of the molecule is CN(Cc1ccco1)c1ccc(-c2nccn2C)nn1. The Kier molecular flexibility index (Phi) is 3.20. The van der Waals surface area contributed by atoms with Gasteiger partial charge in [0, 0.05) is 26.5 Å². The molecule has 0 bridgehead atoms. The molecule has 0 atom stereocenters. The molecule has 0 amide bonds. The molecule has 3 aromatic heterocycles. The van der Waals surface area contributed by atoms with Crippen LogP contribution in [0.3, 0.4) is 0 Å². The zero-order valence-electron chi connectivity index (χ0n) is 11.4. The van der Waals surface area contributed by atoms with E-state index in [1.54, 1.807) is 12.5 Å². The number of anilines is 1. The van der Waals surface area contributed by atoms with E-state index in [4.69, 9.17) is 4.42 Å². The first-order valence-electron chi connectivity index (χ1n) is 6.29. The summed E-state index contributed by atoms with van der Waals surface area (Å²) in [4.78, 5) is 6.23. The van der Waals surface area contributed by atoms with Crippen LogP contribution in [0.25, 0.3) is 11.5 Å². The summed E-state index contributed by atoms with van der Waals surface area (Å²) in [7, 11) is 3.88. The molecule has 0 saturated carbocycles. The van der Waals surface area contributed by atoms with Crippen molar-refractivity contribution in [1.82, 2.24) is 19.7 Å². The molecule has 0 spiro atoms. The predicted molar refractivity (Wildman–Crippen MR) is 75.0 cm³/mol. The minimum absolute atomic E-state index is 0.656. The number of aryl methyl sites for hydroxylation is 1. The van der Waals surface area contributed by atoms with Crippen LogP contribution < -0.4 is 4.90 Å². The molecule has 102 valence electrons. The van der Waals surface area contributed by atoms with Crippen LogP contribution in [0, 0.1) is 0 Å². The Balaban J connectivity index is 1.77. The summed E-state index contributed by atoms with van der Waals surface area (Å²) in [5.41, 5.74) is 0.757. The van der Waals surface area contributed by atoms with Gasteiger partial charge in [-0.15, -0.1) is 10.2 Å². The maximum atomic E-state index is 5.32. The maximum absolute atomic E-state index is 5.32. The fourth-order valence-electron chi connectivity index (χ4n) is 1.98. The lowest BCUT2D eigenvalue weighted by molar-refractivity contribution is 0.506. The van der Waals surface area contributed by atoms with Crippen LogP contribution in [0.4, 0.5) is 5.82 Å². The van der Waals surface area contributed by atoms with E-state index in [0.29, 0.717) is 6.54 Å². The van der Waals surface area contributed by atoms with Crippen molar-refractivity contribution >= 4 is 5.82 Å². The van der Waals surface area contributed by atoms with Gasteiger partial charge in [0.2, 0.25) is 0 Å². The van der Waals surface area contributed by atoms with Gasteiger partial charge in [0.1, 0.15) is 11.5 Å². The summed E-state index contributed by atoms with van der Waals surface area (Å²) in [6.45, 7) is 0.656. The number of furan rings is 1. The lowest BCUT2D eigenvalue weighted by Crippen LogP contribution is -2.17. The third kappa shape index (κ3) is 2.40. The first kappa shape index (κ1) is 12.4. The second-order valence-electron chi connectivity index (χ2n) is 4.57. The molecule has 6 nitrogen and oxygen atoms in total. The van der Waals surface area contributed by atoms with Gasteiger partial charge >= 0.3 is 0 Å². The molecular formula is C14H15N5O. The van der Waals surface area contributed by atoms with Crippen molar-refractivity contribution in [3.63, 3.8) is 0 Å². The second kappa shape index (κ2) is 5.16. The van der Waals surface area contributed by atoms with Gasteiger partial charge in [-0.2, -0.15) is 0 Å². The van der Waals surface area contributed by atoms with Crippen molar-refractivity contribution in [1.29, 1.82) is 0 Å². The Hall–Kier alpha value is -2.63. The van der Waals surface area contributed by atoms with Crippen LogP contribution in [-0.4, -0.2) is 26.8 Å². The van der Waals surface area contributed by atoms with Crippen molar-refractivity contribution in [2.24, 2.45) is 7.05 Å². The number of imidazole rings is 1. The molecule has 0 radical (unpaired) electrons. The highest BCUT2D eigenvalue weighted by Crippen LogP contribution is 2.17. The Morgan fingerprint density at radius 1 is 1.25 bits per heavy atom. The van der Waals surface area contributed by atoms with Gasteiger partial charge in [0.25, 0.3) is 0 Å². The number of rotatable bonds is 4. The smallest absolute Gasteiger partial charge is 0.160 e. The van der Waals surface area contributed by atoms with E-state index in [1.807, 2.05) is 54.0 Å². The molecule has 0 aliphatic heterocycles. The van der Waals surface area contributed by atoms with Crippen molar-refractivity contribution in [3.05, 3.63) is 48.7 Å². The zero-order chi connectivity index (χ0) is 13.9. The first-order chi connectivity index (χ1) is 9.74. The van der Waals surface area contributed by atoms with Crippen LogP contribution in [0.5, 0.6) is 0 Å². The van der Waals surface area contributed by atoms with Gasteiger partial charge in [-0.3, -0.25) is 0 Å². The Morgan fingerprint density at radius 3 is 2.75 bits per heavy atom. The lowest BCUT2D eigenvalue weighted by atomic mass is 10.3. The molecular weight excluding hydrogens is 254 g/mol. The molecule has 0 N–H and O–H groups in total. The molecule has 0 saturated heterocycles. The third-order valence-electron chi connectivity index (χ3n) is 3.06. The van der Waals surface area contributed by atoms with Crippen molar-refractivity contribution in [2.45, 2.75) is 6.54 Å². The van der Waals surface area contributed by atoms with Crippen LogP contribution in [0.1, 0.15) is 5.76 Å². The highest BCUT2D eigenvalue weighted by atomic mass is 16.3. The standard InChI is InChI=1S/C14H15N5O/c1-18-8-7-15-14(18)12-5-6-13(17-16-12)19(2)10-11-4-3-9-20-11/h3-9H,10H2,1-2H3. The summed E-state index contributed by atoms with van der Waals surface area (Å²) >= 11 is 0. The maximum Gasteiger partial charge on any atom is 0.160 e. The second-order valence-corrected chi connectivity index (χ2v) is 4.57. The van der Waals surface area contributed by atoms with E-state index < -0.39 is 0 Å². The Labute approximate surface area is 116 Å². The number of hydrogen-bond acceptors (Lipinski definition) is 5. The van der Waals surface area contributed by atoms with Crippen LogP contribution in [-0.2, 0) is 13.6 Å². The molecule has 0 aromatic carbocycles. The Morgan fingerprint density at radius 2 is 2.15 bits per heavy atom. The van der Waals surface area contributed by atoms with Crippen LogP contribution in [0.15, 0.2) is 47.3 Å². The summed E-state index contributed by atoms with van der Waals surface area (Å²) < 4.78 is 7.23. The average Bonchev–Trinajstić information content (AvgIpc) is 3.10. The number of hydrogen-bond donors (Lipinski definition) is 0. The number of nitrogens with zero attached hydrogens (tertiary/aromatic N) is 5. The summed E-state index contributed by atoms with van der Waals surface area (Å²) in [6, 6.07) is 7.66. The highest BCUT2D eigenvalue weighted by molar-refractivity contribution is 5.51. The average molecular weight is 269 g/mol. The van der Waals surface area contributed by atoms with Gasteiger partial charge in [-0.1, -0.05) is 0 Å². The van der Waals surface area contributed by atoms with E-state index in [-0.39, 0.29) is 0 Å². The van der Waals surface area contributed by atoms with Gasteiger partial charge in [0.05, 0.1) is 12.8 Å². The topological polar surface area (TPSA) is 60.0 Å². The van der Waals surface area contributed by atoms with E-state index in [9.17, 15) is 0 Å². The zero-order valence-corrected chi connectivity index (χ0v) is 11.4. The molecule has 0 unspecified atom stereocenters. The molecule has 0 fully saturated rings. The third-order valence-corrected chi connectivity index (χ3v) is 3.06. The minimum atomic E-state index is 0.656. The van der Waals surface area contributed by atoms with Crippen LogP contribution >= 0.6 is 0 Å². The normalized spacial score (nSPS) is 10.7. The molecule has 3 rings (SSSR count). The van der Waals surface area contributed by atoms with Gasteiger partial charge in [-0.25, -0.2) is 4.98 Å². The Bertz CT molecular complexity index is 672. The molecule has 0 aliphatic carbocycles. The summed E-state index contributed by atoms with van der Waals surface area (Å²) in [5.74, 6) is 2.49. The van der Waals surface area contributed by atoms with Crippen molar-refractivity contribution in [3.8, 4) is 11.5 Å². The van der Waals surface area contributed by atoms with Gasteiger partial charge < -0.3 is 13.9 Å². The van der Waals surface area contributed by atoms with Gasteiger partial charge in [-0.05, 0) is 24.3 Å². The highest BCUT2D eigenvalue weighted by Gasteiger charge is 2.09. The van der Waals surface area contributed by atoms with Crippen LogP contribution in [0.2, 0.25) is 0 Å². The van der Waals surface area contributed by atoms with E-state index in [1.165, 1.54) is 0 Å². The first-order valence-corrected chi connectivity index (χ1v) is 6.29. The fourth-order valence-corrected chi connectivity index (χ4v) is 1.98. The predicted octanol–water partition coefficient (Wildman–Crippen LogP) is 2.11. The fraction of sp³-hybridized carbons (Fsp3) is 0.214. The van der Waals surface area contributed by atoms with Crippen molar-refractivity contribution in [2.75, 3.05) is 11.9 Å². The van der Waals surface area contributed by atoms with Crippen molar-refractivity contribution < 1.29 is 4.42 Å². The monoisotopic (exact) mass is 269 g/mol. The van der Waals surface area contributed by atoms with E-state index >= 15 is 0 Å². The molecule has 6 heteroatoms. The quantitative estimate of drug-likeness (QED) is 0.726. The molecule has 0 aliphatic rings. The molecule has 3 heterocycles.